The van der Waals surface area contributed by atoms with E-state index in [1.165, 1.54) is 6.42 Å². The molecule has 0 bridgehead atoms. The highest BCUT2D eigenvalue weighted by molar-refractivity contribution is 7.91. The number of carbonyl (C=O) groups excluding carboxylic acids is 1. The third-order valence-corrected chi connectivity index (χ3v) is 7.26. The summed E-state index contributed by atoms with van der Waals surface area (Å²) < 4.78 is 25.2. The smallest absolute Gasteiger partial charge is 0.255 e. The molecule has 2 saturated heterocycles. The molecule has 3 rings (SSSR count). The van der Waals surface area contributed by atoms with E-state index in [4.69, 9.17) is 0 Å². The van der Waals surface area contributed by atoms with E-state index in [9.17, 15) is 13.2 Å². The van der Waals surface area contributed by atoms with Gasteiger partial charge in [-0.05, 0) is 46.2 Å². The van der Waals surface area contributed by atoms with Gasteiger partial charge in [-0.3, -0.25) is 14.4 Å². The monoisotopic (exact) mass is 368 g/mol. The first kappa shape index (κ1) is 18.4. The molecule has 140 valence electrons. The number of sulfone groups is 1. The van der Waals surface area contributed by atoms with Gasteiger partial charge in [0.05, 0.1) is 28.8 Å². The largest absolute Gasteiger partial charge is 0.350 e. The van der Waals surface area contributed by atoms with Gasteiger partial charge in [0.1, 0.15) is 0 Å². The summed E-state index contributed by atoms with van der Waals surface area (Å²) in [6.07, 6.45) is 2.87. The fraction of sp³-hybridized carbons (Fsp3) is 0.765. The normalized spacial score (nSPS) is 26.2. The molecule has 0 radical (unpaired) electrons. The lowest BCUT2D eigenvalue weighted by Gasteiger charge is -2.22. The minimum Gasteiger partial charge on any atom is -0.350 e. The Hall–Kier alpha value is -1.41. The van der Waals surface area contributed by atoms with Gasteiger partial charge in [-0.2, -0.15) is 5.10 Å². The van der Waals surface area contributed by atoms with E-state index < -0.39 is 9.84 Å². The number of likely N-dealkylation sites (tertiary alicyclic amines) is 1. The van der Waals surface area contributed by atoms with Gasteiger partial charge in [0, 0.05) is 18.3 Å². The summed E-state index contributed by atoms with van der Waals surface area (Å²) in [5.74, 6) is 0.209. The Labute approximate surface area is 149 Å². The summed E-state index contributed by atoms with van der Waals surface area (Å²) in [6, 6.07) is 0.250. The number of aromatic nitrogens is 2. The van der Waals surface area contributed by atoms with Gasteiger partial charge < -0.3 is 5.32 Å². The van der Waals surface area contributed by atoms with E-state index >= 15 is 0 Å². The molecule has 8 heteroatoms. The molecule has 2 aliphatic rings. The summed E-state index contributed by atoms with van der Waals surface area (Å²) in [7, 11) is -2.98. The second kappa shape index (κ2) is 7.07. The number of nitrogens with zero attached hydrogens (tertiary/aromatic N) is 3. The second-order valence-corrected chi connectivity index (χ2v) is 9.41. The summed E-state index contributed by atoms with van der Waals surface area (Å²) in [5.41, 5.74) is 2.01. The average Bonchev–Trinajstić information content (AvgIpc) is 3.22. The van der Waals surface area contributed by atoms with Crippen LogP contribution in [0.4, 0.5) is 0 Å². The quantitative estimate of drug-likeness (QED) is 0.840. The third-order valence-electron chi connectivity index (χ3n) is 5.51. The maximum Gasteiger partial charge on any atom is 0.255 e. The summed E-state index contributed by atoms with van der Waals surface area (Å²) in [6.45, 7) is 8.57. The molecular formula is C17H28N4O3S. The fourth-order valence-electron chi connectivity index (χ4n) is 4.16. The predicted octanol–water partition coefficient (Wildman–Crippen LogP) is 1.07. The molecule has 7 nitrogen and oxygen atoms in total. The van der Waals surface area contributed by atoms with Crippen LogP contribution < -0.4 is 5.32 Å². The van der Waals surface area contributed by atoms with Crippen LogP contribution in [0.3, 0.4) is 0 Å². The van der Waals surface area contributed by atoms with Crippen molar-refractivity contribution in [2.75, 3.05) is 31.1 Å². The second-order valence-electron chi connectivity index (χ2n) is 7.18. The van der Waals surface area contributed by atoms with Gasteiger partial charge in [-0.15, -0.1) is 0 Å². The molecule has 2 fully saturated rings. The molecule has 2 atom stereocenters. The number of rotatable bonds is 5. The maximum absolute atomic E-state index is 12.7. The topological polar surface area (TPSA) is 84.3 Å². The third kappa shape index (κ3) is 3.74. The minimum atomic E-state index is -2.98. The zero-order valence-corrected chi connectivity index (χ0v) is 16.1. The van der Waals surface area contributed by atoms with Crippen LogP contribution in [0.15, 0.2) is 0 Å². The molecule has 0 saturated carbocycles. The molecule has 0 aliphatic carbocycles. The summed E-state index contributed by atoms with van der Waals surface area (Å²) in [5, 5.41) is 7.53. The highest BCUT2D eigenvalue weighted by atomic mass is 32.2. The van der Waals surface area contributed by atoms with Crippen molar-refractivity contribution in [2.24, 2.45) is 0 Å². The number of carbonyl (C=O) groups is 1. The Balaban J connectivity index is 1.71. The van der Waals surface area contributed by atoms with Crippen molar-refractivity contribution >= 4 is 15.7 Å². The van der Waals surface area contributed by atoms with Crippen LogP contribution >= 0.6 is 0 Å². The van der Waals surface area contributed by atoms with Gasteiger partial charge in [0.15, 0.2) is 9.84 Å². The van der Waals surface area contributed by atoms with E-state index in [0.29, 0.717) is 30.3 Å². The van der Waals surface area contributed by atoms with Crippen molar-refractivity contribution in [3.63, 3.8) is 0 Å². The van der Waals surface area contributed by atoms with Gasteiger partial charge >= 0.3 is 0 Å². The molecule has 25 heavy (non-hydrogen) atoms. The molecule has 2 aliphatic heterocycles. The lowest BCUT2D eigenvalue weighted by molar-refractivity contribution is 0.0940. The van der Waals surface area contributed by atoms with Crippen LogP contribution in [0, 0.1) is 13.8 Å². The molecule has 1 aromatic rings. The van der Waals surface area contributed by atoms with Crippen molar-refractivity contribution in [3.05, 3.63) is 17.0 Å². The summed E-state index contributed by atoms with van der Waals surface area (Å²) in [4.78, 5) is 15.1. The van der Waals surface area contributed by atoms with Crippen molar-refractivity contribution < 1.29 is 13.2 Å². The molecule has 0 aromatic carbocycles. The van der Waals surface area contributed by atoms with Crippen molar-refractivity contribution in [2.45, 2.75) is 52.1 Å². The van der Waals surface area contributed by atoms with E-state index in [0.717, 1.165) is 25.2 Å². The number of nitrogens with one attached hydrogen (secondary N) is 1. The van der Waals surface area contributed by atoms with Crippen LogP contribution in [0.1, 0.15) is 54.0 Å². The lowest BCUT2D eigenvalue weighted by atomic mass is 10.1. The van der Waals surface area contributed by atoms with E-state index in [2.05, 4.69) is 22.2 Å². The van der Waals surface area contributed by atoms with Gasteiger partial charge in [0.2, 0.25) is 0 Å². The van der Waals surface area contributed by atoms with Gasteiger partial charge in [0.25, 0.3) is 5.91 Å². The van der Waals surface area contributed by atoms with Crippen LogP contribution in [-0.4, -0.2) is 66.2 Å². The van der Waals surface area contributed by atoms with Crippen LogP contribution in [0.25, 0.3) is 0 Å². The molecule has 0 unspecified atom stereocenters. The van der Waals surface area contributed by atoms with Crippen molar-refractivity contribution in [1.82, 2.24) is 20.0 Å². The van der Waals surface area contributed by atoms with Crippen molar-refractivity contribution in [1.29, 1.82) is 0 Å². The molecule has 0 spiro atoms. The van der Waals surface area contributed by atoms with Gasteiger partial charge in [-0.1, -0.05) is 6.92 Å². The van der Waals surface area contributed by atoms with E-state index in [1.807, 2.05) is 13.8 Å². The number of amides is 1. The van der Waals surface area contributed by atoms with Gasteiger partial charge in [-0.25, -0.2) is 8.42 Å². The zero-order valence-electron chi connectivity index (χ0n) is 15.3. The van der Waals surface area contributed by atoms with Crippen LogP contribution in [0.2, 0.25) is 0 Å². The maximum atomic E-state index is 12.7. The Morgan fingerprint density at radius 3 is 2.72 bits per heavy atom. The lowest BCUT2D eigenvalue weighted by Crippen LogP contribution is -2.40. The van der Waals surface area contributed by atoms with Crippen LogP contribution in [-0.2, 0) is 9.84 Å². The highest BCUT2D eigenvalue weighted by Gasteiger charge is 2.32. The van der Waals surface area contributed by atoms with E-state index in [1.54, 1.807) is 4.68 Å². The molecule has 1 amide bonds. The standard InChI is InChI=1S/C17H28N4O3S/c1-4-20-8-5-6-14(20)10-18-17(22)16-12(2)19-21(13(16)3)15-7-9-25(23,24)11-15/h14-15H,4-11H2,1-3H3,(H,18,22)/t14-,15+/m0/s1. The highest BCUT2D eigenvalue weighted by Crippen LogP contribution is 2.26. The Kier molecular flexibility index (Phi) is 5.20. The fourth-order valence-corrected chi connectivity index (χ4v) is 5.85. The Morgan fingerprint density at radius 1 is 1.32 bits per heavy atom. The Morgan fingerprint density at radius 2 is 2.08 bits per heavy atom. The molecule has 1 aromatic heterocycles. The minimum absolute atomic E-state index is 0.106. The molecule has 1 N–H and O–H groups in total. The number of aryl methyl sites for hydroxylation is 1. The number of likely N-dealkylation sites (N-methyl/N-ethyl adjacent to an activating group) is 1. The SMILES string of the molecule is CCN1CCC[C@H]1CNC(=O)c1c(C)nn([C@@H]2CCS(=O)(=O)C2)c1C. The van der Waals surface area contributed by atoms with Crippen LogP contribution in [0.5, 0.6) is 0 Å². The average molecular weight is 369 g/mol. The first-order chi connectivity index (χ1) is 11.8. The zero-order chi connectivity index (χ0) is 18.2. The number of hydrogen-bond donors (Lipinski definition) is 1. The first-order valence-corrected chi connectivity index (χ1v) is 10.9. The van der Waals surface area contributed by atoms with Crippen molar-refractivity contribution in [3.8, 4) is 0 Å². The first-order valence-electron chi connectivity index (χ1n) is 9.10. The molecular weight excluding hydrogens is 340 g/mol. The van der Waals surface area contributed by atoms with E-state index in [-0.39, 0.29) is 23.5 Å². The number of hydrogen-bond acceptors (Lipinski definition) is 5. The Bertz CT molecular complexity index is 756. The molecule has 3 heterocycles. The predicted molar refractivity (Wildman–Crippen MR) is 96.6 cm³/mol. The summed E-state index contributed by atoms with van der Waals surface area (Å²) >= 11 is 0.